The summed E-state index contributed by atoms with van der Waals surface area (Å²) in [6.45, 7) is 0.820. The number of carbonyl (C=O) groups is 1. The lowest BCUT2D eigenvalue weighted by atomic mass is 10.1. The van der Waals surface area contributed by atoms with Gasteiger partial charge >= 0.3 is 5.97 Å². The smallest absolute Gasteiger partial charge is 0.333 e. The summed E-state index contributed by atoms with van der Waals surface area (Å²) in [5.74, 6) is 0.0843. The van der Waals surface area contributed by atoms with Crippen LogP contribution in [-0.4, -0.2) is 66.1 Å². The summed E-state index contributed by atoms with van der Waals surface area (Å²) < 4.78 is 31.2. The highest BCUT2D eigenvalue weighted by molar-refractivity contribution is 5.92. The van der Waals surface area contributed by atoms with Crippen molar-refractivity contribution >= 4 is 12.0 Å². The summed E-state index contributed by atoms with van der Waals surface area (Å²) in [5.41, 5.74) is 0.680. The zero-order valence-corrected chi connectivity index (χ0v) is 14.9. The molecule has 0 aliphatic heterocycles. The zero-order chi connectivity index (χ0) is 18.7. The van der Waals surface area contributed by atoms with Crippen LogP contribution < -0.4 is 14.2 Å². The van der Waals surface area contributed by atoms with E-state index in [2.05, 4.69) is 0 Å². The third kappa shape index (κ3) is 6.61. The molecule has 0 aliphatic rings. The predicted octanol–water partition coefficient (Wildman–Crippen LogP) is 1.82. The van der Waals surface area contributed by atoms with E-state index >= 15 is 0 Å². The largest absolute Gasteiger partial charge is 0.493 e. The van der Waals surface area contributed by atoms with Crippen LogP contribution in [0.25, 0.3) is 6.08 Å². The number of rotatable bonds is 12. The van der Waals surface area contributed by atoms with Gasteiger partial charge in [0.15, 0.2) is 18.3 Å². The van der Waals surface area contributed by atoms with Gasteiger partial charge in [-0.1, -0.05) is 0 Å². The number of carboxylic acids is 1. The molecular weight excluding hydrogens is 332 g/mol. The maximum absolute atomic E-state index is 11.2. The van der Waals surface area contributed by atoms with Crippen LogP contribution in [0.1, 0.15) is 5.56 Å². The number of aliphatic carboxylic acids is 1. The number of hydrogen-bond acceptors (Lipinski definition) is 7. The first-order valence-electron chi connectivity index (χ1n) is 7.45. The Hall–Kier alpha value is -2.29. The second kappa shape index (κ2) is 11.3. The maximum atomic E-state index is 11.2. The van der Waals surface area contributed by atoms with E-state index in [0.29, 0.717) is 36.0 Å². The number of carboxylic acid groups (broad SMARTS) is 1. The Morgan fingerprint density at radius 1 is 1.04 bits per heavy atom. The van der Waals surface area contributed by atoms with Crippen molar-refractivity contribution in [2.45, 2.75) is 0 Å². The van der Waals surface area contributed by atoms with Gasteiger partial charge in [0.2, 0.25) is 5.75 Å². The second-order valence-corrected chi connectivity index (χ2v) is 4.83. The van der Waals surface area contributed by atoms with Crippen molar-refractivity contribution in [3.8, 4) is 17.2 Å². The average molecular weight is 356 g/mol. The highest BCUT2D eigenvalue weighted by atomic mass is 16.7. The fraction of sp³-hybridized carbons (Fsp3) is 0.471. The van der Waals surface area contributed by atoms with Gasteiger partial charge in [-0.3, -0.25) is 0 Å². The number of methoxy groups -OCH3 is 4. The number of benzene rings is 1. The molecule has 25 heavy (non-hydrogen) atoms. The molecule has 0 aliphatic carbocycles. The first-order valence-corrected chi connectivity index (χ1v) is 7.45. The summed E-state index contributed by atoms with van der Waals surface area (Å²) in [6.07, 6.45) is 1.48. The lowest BCUT2D eigenvalue weighted by Crippen LogP contribution is -2.09. The van der Waals surface area contributed by atoms with Crippen LogP contribution in [0, 0.1) is 0 Å². The third-order valence-corrected chi connectivity index (χ3v) is 3.12. The molecule has 0 radical (unpaired) electrons. The van der Waals surface area contributed by atoms with Crippen molar-refractivity contribution in [1.29, 1.82) is 0 Å². The van der Waals surface area contributed by atoms with Crippen LogP contribution in [0.2, 0.25) is 0 Å². The molecule has 0 saturated carbocycles. The summed E-state index contributed by atoms with van der Waals surface area (Å²) >= 11 is 0. The number of ether oxygens (including phenoxy) is 6. The standard InChI is InChI=1S/C17H24O8/c1-20-5-6-24-11-25-16-14(22-3)8-12(9-15(16)23-4)7-13(10-21-2)17(18)19/h7-9H,5-6,10-11H2,1-4H3,(H,18,19). The van der Waals surface area contributed by atoms with E-state index in [1.165, 1.54) is 27.4 Å². The van der Waals surface area contributed by atoms with Crippen LogP contribution in [0.15, 0.2) is 17.7 Å². The van der Waals surface area contributed by atoms with E-state index in [9.17, 15) is 9.90 Å². The van der Waals surface area contributed by atoms with Crippen LogP contribution in [0.5, 0.6) is 17.2 Å². The van der Waals surface area contributed by atoms with E-state index in [-0.39, 0.29) is 19.0 Å². The van der Waals surface area contributed by atoms with Crippen molar-refractivity contribution < 1.29 is 38.3 Å². The third-order valence-electron chi connectivity index (χ3n) is 3.12. The van der Waals surface area contributed by atoms with Gasteiger partial charge in [-0.2, -0.15) is 0 Å². The highest BCUT2D eigenvalue weighted by Crippen LogP contribution is 2.39. The Morgan fingerprint density at radius 2 is 1.68 bits per heavy atom. The fourth-order valence-corrected chi connectivity index (χ4v) is 1.95. The van der Waals surface area contributed by atoms with Crippen LogP contribution in [-0.2, 0) is 19.0 Å². The van der Waals surface area contributed by atoms with Gasteiger partial charge < -0.3 is 33.5 Å². The molecule has 0 fully saturated rings. The average Bonchev–Trinajstić information content (AvgIpc) is 2.61. The molecule has 8 heteroatoms. The molecule has 0 spiro atoms. The Morgan fingerprint density at radius 3 is 2.16 bits per heavy atom. The molecule has 140 valence electrons. The van der Waals surface area contributed by atoms with E-state index in [0.717, 1.165) is 0 Å². The predicted molar refractivity (Wildman–Crippen MR) is 90.4 cm³/mol. The van der Waals surface area contributed by atoms with Crippen LogP contribution in [0.3, 0.4) is 0 Å². The van der Waals surface area contributed by atoms with E-state index in [4.69, 9.17) is 28.4 Å². The Kier molecular flexibility index (Phi) is 9.38. The first kappa shape index (κ1) is 20.8. The lowest BCUT2D eigenvalue weighted by Gasteiger charge is -2.15. The first-order chi connectivity index (χ1) is 12.1. The monoisotopic (exact) mass is 356 g/mol. The molecule has 1 aromatic rings. The minimum atomic E-state index is -1.06. The molecule has 0 bridgehead atoms. The molecular formula is C17H24O8. The van der Waals surface area contributed by atoms with Crippen LogP contribution >= 0.6 is 0 Å². The zero-order valence-electron chi connectivity index (χ0n) is 14.9. The van der Waals surface area contributed by atoms with Gasteiger partial charge in [0.05, 0.1) is 39.6 Å². The molecule has 8 nitrogen and oxygen atoms in total. The van der Waals surface area contributed by atoms with E-state index < -0.39 is 5.97 Å². The summed E-state index contributed by atoms with van der Waals surface area (Å²) in [6, 6.07) is 3.29. The van der Waals surface area contributed by atoms with Gasteiger partial charge in [0, 0.05) is 14.2 Å². The van der Waals surface area contributed by atoms with E-state index in [1.807, 2.05) is 0 Å². The fourth-order valence-electron chi connectivity index (χ4n) is 1.95. The molecule has 0 unspecified atom stereocenters. The Labute approximate surface area is 146 Å². The van der Waals surface area contributed by atoms with Crippen molar-refractivity contribution in [2.24, 2.45) is 0 Å². The van der Waals surface area contributed by atoms with Gasteiger partial charge in [-0.25, -0.2) is 4.79 Å². The summed E-state index contributed by atoms with van der Waals surface area (Å²) in [7, 11) is 5.97. The van der Waals surface area contributed by atoms with Crippen molar-refractivity contribution in [3.05, 3.63) is 23.3 Å². The molecule has 0 aromatic heterocycles. The van der Waals surface area contributed by atoms with Gasteiger partial charge in [-0.05, 0) is 23.8 Å². The van der Waals surface area contributed by atoms with Gasteiger partial charge in [-0.15, -0.1) is 0 Å². The molecule has 0 atom stereocenters. The SMILES string of the molecule is COCCOCOc1c(OC)cc(C=C(COC)C(=O)O)cc1OC. The minimum absolute atomic E-state index is 0.00465. The van der Waals surface area contributed by atoms with Gasteiger partial charge in [0.1, 0.15) is 0 Å². The molecule has 1 N–H and O–H groups in total. The van der Waals surface area contributed by atoms with Crippen LogP contribution in [0.4, 0.5) is 0 Å². The molecule has 0 amide bonds. The van der Waals surface area contributed by atoms with Gasteiger partial charge in [0.25, 0.3) is 0 Å². The normalized spacial score (nSPS) is 11.3. The topological polar surface area (TPSA) is 92.7 Å². The summed E-state index contributed by atoms with van der Waals surface area (Å²) in [4.78, 5) is 11.2. The van der Waals surface area contributed by atoms with Crippen molar-refractivity contribution in [3.63, 3.8) is 0 Å². The van der Waals surface area contributed by atoms with Crippen molar-refractivity contribution in [1.82, 2.24) is 0 Å². The molecule has 0 heterocycles. The minimum Gasteiger partial charge on any atom is -0.493 e. The lowest BCUT2D eigenvalue weighted by molar-refractivity contribution is -0.133. The number of hydrogen-bond donors (Lipinski definition) is 1. The molecule has 0 saturated heterocycles. The summed E-state index contributed by atoms with van der Waals surface area (Å²) in [5, 5.41) is 9.20. The highest BCUT2D eigenvalue weighted by Gasteiger charge is 2.15. The second-order valence-electron chi connectivity index (χ2n) is 4.83. The Bertz CT molecular complexity index is 557. The molecule has 1 rings (SSSR count). The maximum Gasteiger partial charge on any atom is 0.333 e. The molecule has 1 aromatic carbocycles. The quantitative estimate of drug-likeness (QED) is 0.344. The van der Waals surface area contributed by atoms with E-state index in [1.54, 1.807) is 19.2 Å². The Balaban J connectivity index is 3.04. The van der Waals surface area contributed by atoms with Crippen molar-refractivity contribution in [2.75, 3.05) is 55.1 Å².